The molecule has 122 valence electrons. The maximum absolute atomic E-state index is 10.7. The minimum absolute atomic E-state index is 0.238. The van der Waals surface area contributed by atoms with Crippen LogP contribution in [0.1, 0.15) is 20.3 Å². The summed E-state index contributed by atoms with van der Waals surface area (Å²) in [5.74, 6) is 0. The third kappa shape index (κ3) is 5.95. The van der Waals surface area contributed by atoms with Crippen molar-refractivity contribution in [3.63, 3.8) is 0 Å². The van der Waals surface area contributed by atoms with E-state index in [0.29, 0.717) is 33.6 Å². The fraction of sp³-hybridized carbons (Fsp3) is 0.300. The van der Waals surface area contributed by atoms with Crippen LogP contribution in [0.25, 0.3) is 0 Å². The van der Waals surface area contributed by atoms with Gasteiger partial charge < -0.3 is 0 Å². The van der Waals surface area contributed by atoms with Gasteiger partial charge in [0.2, 0.25) is 0 Å². The molecule has 1 unspecified atom stereocenters. The van der Waals surface area contributed by atoms with Gasteiger partial charge in [-0.3, -0.25) is 0 Å². The Labute approximate surface area is 152 Å². The van der Waals surface area contributed by atoms with E-state index in [1.54, 1.807) is 0 Å². The van der Waals surface area contributed by atoms with Crippen molar-refractivity contribution >= 4 is 38.8 Å². The summed E-state index contributed by atoms with van der Waals surface area (Å²) in [6, 6.07) is 21.4. The zero-order chi connectivity index (χ0) is 16.7. The summed E-state index contributed by atoms with van der Waals surface area (Å²) in [6.07, 6.45) is 2.36. The molecule has 0 amide bonds. The molecule has 0 aliphatic rings. The molecule has 0 heterocycles. The van der Waals surface area contributed by atoms with Crippen LogP contribution in [0.2, 0.25) is 3.71 Å². The van der Waals surface area contributed by atoms with Crippen molar-refractivity contribution < 1.29 is 5.11 Å². The van der Waals surface area contributed by atoms with Crippen LogP contribution in [-0.4, -0.2) is 41.1 Å². The summed E-state index contributed by atoms with van der Waals surface area (Å²) in [6.45, 7) is 8.00. The molecule has 0 fully saturated rings. The molecule has 0 saturated carbocycles. The second-order valence-corrected chi connectivity index (χ2v) is 12.9. The summed E-state index contributed by atoms with van der Waals surface area (Å²) >= 11 is 0.741. The SMILES string of the molecule is C=CC(C)(C)C(O)CC([Se]c1ccccc1)[Se]c1ccccc1. The van der Waals surface area contributed by atoms with Crippen molar-refractivity contribution in [3.05, 3.63) is 73.3 Å². The van der Waals surface area contributed by atoms with Gasteiger partial charge >= 0.3 is 153 Å². The molecule has 0 aliphatic heterocycles. The first kappa shape index (κ1) is 18.5. The van der Waals surface area contributed by atoms with Crippen LogP contribution in [0, 0.1) is 5.41 Å². The van der Waals surface area contributed by atoms with Gasteiger partial charge in [0.25, 0.3) is 0 Å². The van der Waals surface area contributed by atoms with Crippen molar-refractivity contribution in [2.45, 2.75) is 30.1 Å². The average molecular weight is 438 g/mol. The maximum atomic E-state index is 10.7. The van der Waals surface area contributed by atoms with Gasteiger partial charge in [-0.25, -0.2) is 0 Å². The van der Waals surface area contributed by atoms with Crippen LogP contribution in [0.5, 0.6) is 0 Å². The van der Waals surface area contributed by atoms with Crippen LogP contribution in [0.15, 0.2) is 73.3 Å². The van der Waals surface area contributed by atoms with E-state index in [9.17, 15) is 5.11 Å². The molecule has 1 nitrogen and oxygen atoms in total. The topological polar surface area (TPSA) is 20.2 Å². The fourth-order valence-electron chi connectivity index (χ4n) is 2.04. The Morgan fingerprint density at radius 1 is 0.957 bits per heavy atom. The summed E-state index contributed by atoms with van der Waals surface area (Å²) < 4.78 is 3.35. The molecule has 0 radical (unpaired) electrons. The van der Waals surface area contributed by atoms with Crippen molar-refractivity contribution in [1.82, 2.24) is 0 Å². The molecule has 0 spiro atoms. The van der Waals surface area contributed by atoms with Gasteiger partial charge in [-0.2, -0.15) is 0 Å². The van der Waals surface area contributed by atoms with Gasteiger partial charge in [-0.05, 0) is 0 Å². The van der Waals surface area contributed by atoms with Gasteiger partial charge in [0, 0.05) is 0 Å². The second kappa shape index (κ2) is 8.87. The first-order valence-electron chi connectivity index (χ1n) is 7.76. The monoisotopic (exact) mass is 440 g/mol. The van der Waals surface area contributed by atoms with Crippen molar-refractivity contribution in [2.24, 2.45) is 5.41 Å². The Morgan fingerprint density at radius 2 is 1.39 bits per heavy atom. The van der Waals surface area contributed by atoms with Gasteiger partial charge in [0.15, 0.2) is 0 Å². The van der Waals surface area contributed by atoms with Crippen LogP contribution in [0.4, 0.5) is 0 Å². The van der Waals surface area contributed by atoms with E-state index < -0.39 is 0 Å². The van der Waals surface area contributed by atoms with Crippen molar-refractivity contribution in [1.29, 1.82) is 0 Å². The minimum atomic E-state index is -0.346. The average Bonchev–Trinajstić information content (AvgIpc) is 2.56. The Hall–Kier alpha value is -0.821. The number of aliphatic hydroxyl groups is 1. The van der Waals surface area contributed by atoms with Gasteiger partial charge in [-0.1, -0.05) is 0 Å². The molecular weight excluding hydrogens is 414 g/mol. The van der Waals surface area contributed by atoms with E-state index in [1.165, 1.54) is 8.92 Å². The Kier molecular flexibility index (Phi) is 7.14. The zero-order valence-electron chi connectivity index (χ0n) is 13.7. The number of benzene rings is 2. The van der Waals surface area contributed by atoms with Gasteiger partial charge in [0.05, 0.1) is 0 Å². The van der Waals surface area contributed by atoms with E-state index in [-0.39, 0.29) is 11.5 Å². The van der Waals surface area contributed by atoms with Gasteiger partial charge in [-0.15, -0.1) is 0 Å². The van der Waals surface area contributed by atoms with E-state index in [0.717, 1.165) is 6.42 Å². The summed E-state index contributed by atoms with van der Waals surface area (Å²) in [5.41, 5.74) is -0.238. The van der Waals surface area contributed by atoms with Gasteiger partial charge in [0.1, 0.15) is 0 Å². The molecule has 0 bridgehead atoms. The third-order valence-electron chi connectivity index (χ3n) is 3.82. The summed E-state index contributed by atoms with van der Waals surface area (Å²) in [7, 11) is 0. The quantitative estimate of drug-likeness (QED) is 0.497. The second-order valence-electron chi connectivity index (χ2n) is 6.07. The van der Waals surface area contributed by atoms with Crippen molar-refractivity contribution in [2.75, 3.05) is 0 Å². The normalized spacial score (nSPS) is 13.0. The molecule has 1 N–H and O–H groups in total. The first-order chi connectivity index (χ1) is 11.0. The van der Waals surface area contributed by atoms with Crippen LogP contribution < -0.4 is 8.92 Å². The predicted molar refractivity (Wildman–Crippen MR) is 102 cm³/mol. The molecule has 2 aromatic rings. The van der Waals surface area contributed by atoms with Crippen LogP contribution in [0.3, 0.4) is 0 Å². The molecule has 23 heavy (non-hydrogen) atoms. The Morgan fingerprint density at radius 3 is 1.78 bits per heavy atom. The van der Waals surface area contributed by atoms with E-state index in [4.69, 9.17) is 0 Å². The van der Waals surface area contributed by atoms with E-state index >= 15 is 0 Å². The molecule has 2 aromatic carbocycles. The fourth-order valence-corrected chi connectivity index (χ4v) is 8.85. The zero-order valence-corrected chi connectivity index (χ0v) is 17.1. The number of hydrogen-bond donors (Lipinski definition) is 1. The van der Waals surface area contributed by atoms with Crippen molar-refractivity contribution in [3.8, 4) is 0 Å². The van der Waals surface area contributed by atoms with E-state index in [2.05, 4.69) is 81.1 Å². The number of aliphatic hydroxyl groups excluding tert-OH is 1. The molecule has 0 saturated heterocycles. The molecule has 0 aliphatic carbocycles. The Balaban J connectivity index is 2.12. The predicted octanol–water partition coefficient (Wildman–Crippen LogP) is 2.76. The number of rotatable bonds is 8. The standard InChI is InChI=1S/C20H24OSe2/c1-4-20(2,3)18(21)15-19(22-16-11-7-5-8-12-16)23-17-13-9-6-10-14-17/h4-14,18-19,21H,1,15H2,2-3H3. The first-order valence-corrected chi connectivity index (χ1v) is 11.5. The molecule has 1 atom stereocenters. The van der Waals surface area contributed by atoms with E-state index in [1.807, 2.05) is 6.08 Å². The molecule has 0 aromatic heterocycles. The van der Waals surface area contributed by atoms with Crippen LogP contribution >= 0.6 is 0 Å². The summed E-state index contributed by atoms with van der Waals surface area (Å²) in [4.78, 5) is 0. The molecular formula is C20H24OSe2. The summed E-state index contributed by atoms with van der Waals surface area (Å²) in [5, 5.41) is 10.7. The number of hydrogen-bond acceptors (Lipinski definition) is 1. The Bertz CT molecular complexity index is 554. The molecule has 3 heteroatoms. The van der Waals surface area contributed by atoms with Crippen LogP contribution in [-0.2, 0) is 0 Å². The third-order valence-corrected chi connectivity index (χ3v) is 10.1. The molecule has 2 rings (SSSR count).